The molecule has 0 spiro atoms. The topological polar surface area (TPSA) is 70.1 Å². The molecule has 5 nitrogen and oxygen atoms in total. The van der Waals surface area contributed by atoms with Crippen molar-refractivity contribution in [3.05, 3.63) is 35.2 Å². The Morgan fingerprint density at radius 1 is 1.30 bits per heavy atom. The highest BCUT2D eigenvalue weighted by Gasteiger charge is 2.18. The quantitative estimate of drug-likeness (QED) is 0.798. The van der Waals surface area contributed by atoms with Crippen molar-refractivity contribution in [2.75, 3.05) is 6.61 Å². The Balaban J connectivity index is 2.46. The maximum Gasteiger partial charge on any atom is 0.239 e. The SMILES string of the molecule is CCCCOc1ccc(C)cc1-c1c(C)nn(CC(N)=O)c1C. The summed E-state index contributed by atoms with van der Waals surface area (Å²) in [5.74, 6) is 0.458. The Labute approximate surface area is 137 Å². The van der Waals surface area contributed by atoms with Crippen molar-refractivity contribution in [3.8, 4) is 16.9 Å². The molecule has 0 aliphatic rings. The van der Waals surface area contributed by atoms with Crippen LogP contribution in [0.3, 0.4) is 0 Å². The number of ether oxygens (including phenoxy) is 1. The number of aryl methyl sites for hydroxylation is 2. The minimum atomic E-state index is -0.397. The third kappa shape index (κ3) is 3.92. The average molecular weight is 315 g/mol. The van der Waals surface area contributed by atoms with Crippen LogP contribution in [-0.4, -0.2) is 22.3 Å². The largest absolute Gasteiger partial charge is 0.493 e. The molecule has 2 aromatic rings. The molecule has 0 aliphatic heterocycles. The van der Waals surface area contributed by atoms with Crippen LogP contribution in [0.1, 0.15) is 36.7 Å². The molecule has 0 radical (unpaired) electrons. The number of primary amides is 1. The Bertz CT molecular complexity index is 705. The second-order valence-electron chi connectivity index (χ2n) is 5.87. The van der Waals surface area contributed by atoms with E-state index >= 15 is 0 Å². The fraction of sp³-hybridized carbons (Fsp3) is 0.444. The smallest absolute Gasteiger partial charge is 0.239 e. The molecule has 2 rings (SSSR count). The molecule has 0 aliphatic carbocycles. The van der Waals surface area contributed by atoms with Gasteiger partial charge >= 0.3 is 0 Å². The molecule has 0 saturated heterocycles. The molecular formula is C18H25N3O2. The summed E-state index contributed by atoms with van der Waals surface area (Å²) in [7, 11) is 0. The second-order valence-corrected chi connectivity index (χ2v) is 5.87. The molecule has 1 aromatic carbocycles. The summed E-state index contributed by atoms with van der Waals surface area (Å²) >= 11 is 0. The van der Waals surface area contributed by atoms with Gasteiger partial charge in [-0.05, 0) is 39.3 Å². The molecule has 5 heteroatoms. The fourth-order valence-corrected chi connectivity index (χ4v) is 2.68. The van der Waals surface area contributed by atoms with Gasteiger partial charge in [0.2, 0.25) is 5.91 Å². The van der Waals surface area contributed by atoms with E-state index in [0.717, 1.165) is 46.7 Å². The van der Waals surface area contributed by atoms with Gasteiger partial charge in [0.1, 0.15) is 12.3 Å². The molecule has 2 N–H and O–H groups in total. The lowest BCUT2D eigenvalue weighted by atomic mass is 10.0. The first-order valence-electron chi connectivity index (χ1n) is 8.00. The summed E-state index contributed by atoms with van der Waals surface area (Å²) in [5.41, 5.74) is 10.3. The van der Waals surface area contributed by atoms with E-state index in [2.05, 4.69) is 25.0 Å². The lowest BCUT2D eigenvalue weighted by molar-refractivity contribution is -0.118. The van der Waals surface area contributed by atoms with E-state index in [9.17, 15) is 4.79 Å². The van der Waals surface area contributed by atoms with Gasteiger partial charge < -0.3 is 10.5 Å². The van der Waals surface area contributed by atoms with Crippen LogP contribution in [0.2, 0.25) is 0 Å². The molecule has 0 fully saturated rings. The van der Waals surface area contributed by atoms with E-state index in [-0.39, 0.29) is 6.54 Å². The summed E-state index contributed by atoms with van der Waals surface area (Å²) in [4.78, 5) is 11.2. The maximum absolute atomic E-state index is 11.2. The number of carbonyl (C=O) groups excluding carboxylic acids is 1. The van der Waals surface area contributed by atoms with Gasteiger partial charge in [0.15, 0.2) is 0 Å². The van der Waals surface area contributed by atoms with Gasteiger partial charge in [-0.3, -0.25) is 9.48 Å². The number of unbranched alkanes of at least 4 members (excludes halogenated alkanes) is 1. The monoisotopic (exact) mass is 315 g/mol. The van der Waals surface area contributed by atoms with Crippen LogP contribution >= 0.6 is 0 Å². The van der Waals surface area contributed by atoms with Crippen molar-refractivity contribution in [2.24, 2.45) is 5.73 Å². The van der Waals surface area contributed by atoms with Gasteiger partial charge in [-0.2, -0.15) is 5.10 Å². The van der Waals surface area contributed by atoms with Crippen LogP contribution in [0.5, 0.6) is 5.75 Å². The number of nitrogens with two attached hydrogens (primary N) is 1. The molecule has 0 bridgehead atoms. The van der Waals surface area contributed by atoms with Crippen LogP contribution in [0.4, 0.5) is 0 Å². The standard InChI is InChI=1S/C18H25N3O2/c1-5-6-9-23-16-8-7-12(2)10-15(16)18-13(3)20-21(14(18)4)11-17(19)22/h7-8,10H,5-6,9,11H2,1-4H3,(H2,19,22). The number of nitrogens with zero attached hydrogens (tertiary/aromatic N) is 2. The molecule has 1 amide bonds. The zero-order valence-corrected chi connectivity index (χ0v) is 14.3. The van der Waals surface area contributed by atoms with Crippen molar-refractivity contribution in [3.63, 3.8) is 0 Å². The van der Waals surface area contributed by atoms with E-state index in [1.807, 2.05) is 26.0 Å². The Hall–Kier alpha value is -2.30. The molecule has 23 heavy (non-hydrogen) atoms. The van der Waals surface area contributed by atoms with Crippen molar-refractivity contribution in [1.82, 2.24) is 9.78 Å². The number of hydrogen-bond donors (Lipinski definition) is 1. The maximum atomic E-state index is 11.2. The second kappa shape index (κ2) is 7.31. The van der Waals surface area contributed by atoms with E-state index in [4.69, 9.17) is 10.5 Å². The highest BCUT2D eigenvalue weighted by molar-refractivity contribution is 5.77. The van der Waals surface area contributed by atoms with Crippen molar-refractivity contribution in [2.45, 2.75) is 47.1 Å². The number of hydrogen-bond acceptors (Lipinski definition) is 3. The summed E-state index contributed by atoms with van der Waals surface area (Å²) in [6, 6.07) is 6.15. The minimum absolute atomic E-state index is 0.0878. The van der Waals surface area contributed by atoms with E-state index in [0.29, 0.717) is 6.61 Å². The summed E-state index contributed by atoms with van der Waals surface area (Å²) in [6.07, 6.45) is 2.11. The van der Waals surface area contributed by atoms with Gasteiger partial charge in [-0.15, -0.1) is 0 Å². The number of amides is 1. The third-order valence-electron chi connectivity index (χ3n) is 3.85. The van der Waals surface area contributed by atoms with Crippen molar-refractivity contribution < 1.29 is 9.53 Å². The van der Waals surface area contributed by atoms with E-state index in [1.165, 1.54) is 0 Å². The van der Waals surface area contributed by atoms with Crippen molar-refractivity contribution >= 4 is 5.91 Å². The fourth-order valence-electron chi connectivity index (χ4n) is 2.68. The van der Waals surface area contributed by atoms with Gasteiger partial charge in [0, 0.05) is 16.8 Å². The van der Waals surface area contributed by atoms with Crippen LogP contribution in [0, 0.1) is 20.8 Å². The van der Waals surface area contributed by atoms with Gasteiger partial charge in [0.05, 0.1) is 12.3 Å². The molecule has 1 aromatic heterocycles. The Morgan fingerprint density at radius 2 is 2.04 bits per heavy atom. The average Bonchev–Trinajstić information content (AvgIpc) is 2.74. The van der Waals surface area contributed by atoms with Crippen LogP contribution in [0.15, 0.2) is 18.2 Å². The molecule has 124 valence electrons. The first-order chi connectivity index (χ1) is 10.9. The van der Waals surface area contributed by atoms with Crippen LogP contribution in [0.25, 0.3) is 11.1 Å². The highest BCUT2D eigenvalue weighted by Crippen LogP contribution is 2.35. The van der Waals surface area contributed by atoms with E-state index < -0.39 is 5.91 Å². The highest BCUT2D eigenvalue weighted by atomic mass is 16.5. The van der Waals surface area contributed by atoms with Crippen molar-refractivity contribution in [1.29, 1.82) is 0 Å². The van der Waals surface area contributed by atoms with Gasteiger partial charge in [0.25, 0.3) is 0 Å². The number of benzene rings is 1. The first-order valence-corrected chi connectivity index (χ1v) is 8.00. The normalized spacial score (nSPS) is 10.8. The minimum Gasteiger partial charge on any atom is -0.493 e. The molecule has 0 unspecified atom stereocenters. The Kier molecular flexibility index (Phi) is 5.42. The molecule has 0 saturated carbocycles. The predicted octanol–water partition coefficient (Wildman–Crippen LogP) is 3.14. The number of rotatable bonds is 7. The first kappa shape index (κ1) is 17.1. The van der Waals surface area contributed by atoms with Gasteiger partial charge in [-0.1, -0.05) is 25.0 Å². The number of aromatic nitrogens is 2. The van der Waals surface area contributed by atoms with E-state index in [1.54, 1.807) is 4.68 Å². The predicted molar refractivity (Wildman–Crippen MR) is 91.5 cm³/mol. The third-order valence-corrected chi connectivity index (χ3v) is 3.85. The lowest BCUT2D eigenvalue weighted by Crippen LogP contribution is -2.20. The van der Waals surface area contributed by atoms with Crippen LogP contribution < -0.4 is 10.5 Å². The summed E-state index contributed by atoms with van der Waals surface area (Å²) < 4.78 is 7.62. The summed E-state index contributed by atoms with van der Waals surface area (Å²) in [5, 5.41) is 4.45. The molecule has 1 heterocycles. The zero-order valence-electron chi connectivity index (χ0n) is 14.3. The Morgan fingerprint density at radius 3 is 2.70 bits per heavy atom. The number of carbonyl (C=O) groups is 1. The summed E-state index contributed by atoms with van der Waals surface area (Å²) in [6.45, 7) is 8.87. The molecular weight excluding hydrogens is 290 g/mol. The van der Waals surface area contributed by atoms with Gasteiger partial charge in [-0.25, -0.2) is 0 Å². The molecule has 0 atom stereocenters. The zero-order chi connectivity index (χ0) is 17.0. The van der Waals surface area contributed by atoms with Crippen LogP contribution in [-0.2, 0) is 11.3 Å². The lowest BCUT2D eigenvalue weighted by Gasteiger charge is -2.13.